The van der Waals surface area contributed by atoms with Gasteiger partial charge >= 0.3 is 6.18 Å². The number of hydrogen-bond donors (Lipinski definition) is 3. The van der Waals surface area contributed by atoms with Crippen molar-refractivity contribution in [1.82, 2.24) is 0 Å². The van der Waals surface area contributed by atoms with Gasteiger partial charge in [0.1, 0.15) is 5.84 Å². The molecule has 100 valence electrons. The highest BCUT2D eigenvalue weighted by Crippen LogP contribution is 2.36. The van der Waals surface area contributed by atoms with Crippen molar-refractivity contribution in [3.8, 4) is 0 Å². The molecule has 0 fully saturated rings. The lowest BCUT2D eigenvalue weighted by Crippen LogP contribution is -2.18. The Hall–Kier alpha value is -1.44. The molecule has 8 heteroatoms. The smallest absolute Gasteiger partial charge is 0.409 e. The summed E-state index contributed by atoms with van der Waals surface area (Å²) in [5.74, 6) is -0.0480. The number of anilines is 1. The maximum absolute atomic E-state index is 12.7. The number of alkyl halides is 3. The largest absolute Gasteiger partial charge is 0.418 e. The molecule has 4 N–H and O–H groups in total. The van der Waals surface area contributed by atoms with E-state index in [0.717, 1.165) is 6.07 Å². The fourth-order valence-corrected chi connectivity index (χ4v) is 1.64. The molecule has 0 saturated heterocycles. The number of amidine groups is 1. The summed E-state index contributed by atoms with van der Waals surface area (Å²) in [5, 5.41) is 13.6. The Morgan fingerprint density at radius 2 is 2.11 bits per heavy atom. The molecule has 0 bridgehead atoms. The van der Waals surface area contributed by atoms with E-state index in [1.807, 2.05) is 0 Å². The summed E-state index contributed by atoms with van der Waals surface area (Å²) in [7, 11) is 0. The van der Waals surface area contributed by atoms with E-state index in [9.17, 15) is 13.2 Å². The van der Waals surface area contributed by atoms with E-state index in [4.69, 9.17) is 10.9 Å². The van der Waals surface area contributed by atoms with E-state index < -0.39 is 11.7 Å². The Bertz CT molecular complexity index is 448. The first-order valence-electron chi connectivity index (χ1n) is 4.91. The average Bonchev–Trinajstić information content (AvgIpc) is 2.29. The summed E-state index contributed by atoms with van der Waals surface area (Å²) < 4.78 is 38.5. The van der Waals surface area contributed by atoms with Crippen molar-refractivity contribution < 1.29 is 18.4 Å². The van der Waals surface area contributed by atoms with Crippen LogP contribution in [0, 0.1) is 0 Å². The summed E-state index contributed by atoms with van der Waals surface area (Å²) in [6, 6.07) is 3.81. The van der Waals surface area contributed by atoms with Crippen molar-refractivity contribution in [3.63, 3.8) is 0 Å². The van der Waals surface area contributed by atoms with Gasteiger partial charge in [0, 0.05) is 23.1 Å². The van der Waals surface area contributed by atoms with Crippen LogP contribution in [-0.2, 0) is 6.18 Å². The molecule has 0 aliphatic heterocycles. The maximum Gasteiger partial charge on any atom is 0.418 e. The Labute approximate surface area is 110 Å². The molecule has 1 aromatic carbocycles. The van der Waals surface area contributed by atoms with E-state index in [-0.39, 0.29) is 24.5 Å². The monoisotopic (exact) mass is 325 g/mol. The first-order valence-corrected chi connectivity index (χ1v) is 5.71. The van der Waals surface area contributed by atoms with E-state index in [1.165, 1.54) is 12.1 Å². The van der Waals surface area contributed by atoms with Gasteiger partial charge in [-0.25, -0.2) is 0 Å². The van der Waals surface area contributed by atoms with Gasteiger partial charge in [-0.05, 0) is 18.2 Å². The van der Waals surface area contributed by atoms with Gasteiger partial charge in [0.25, 0.3) is 0 Å². The van der Waals surface area contributed by atoms with E-state index in [2.05, 4.69) is 26.4 Å². The number of halogens is 4. The summed E-state index contributed by atoms with van der Waals surface area (Å²) in [5.41, 5.74) is 4.40. The summed E-state index contributed by atoms with van der Waals surface area (Å²) in [6.45, 7) is 0.139. The highest BCUT2D eigenvalue weighted by atomic mass is 79.9. The van der Waals surface area contributed by atoms with Crippen LogP contribution in [-0.4, -0.2) is 17.6 Å². The van der Waals surface area contributed by atoms with Crippen molar-refractivity contribution in [2.45, 2.75) is 12.6 Å². The first-order chi connectivity index (χ1) is 8.34. The molecular formula is C10H11BrF3N3O. The van der Waals surface area contributed by atoms with Crippen LogP contribution < -0.4 is 11.1 Å². The molecule has 0 saturated carbocycles. The molecule has 1 aromatic rings. The molecule has 0 aromatic heterocycles. The minimum Gasteiger partial charge on any atom is -0.409 e. The molecule has 4 nitrogen and oxygen atoms in total. The van der Waals surface area contributed by atoms with Gasteiger partial charge < -0.3 is 16.3 Å². The zero-order valence-electron chi connectivity index (χ0n) is 9.13. The van der Waals surface area contributed by atoms with Gasteiger partial charge in [-0.3, -0.25) is 0 Å². The third kappa shape index (κ3) is 4.10. The number of rotatable bonds is 4. The van der Waals surface area contributed by atoms with Crippen molar-refractivity contribution in [3.05, 3.63) is 28.2 Å². The molecule has 0 atom stereocenters. The van der Waals surface area contributed by atoms with Crippen molar-refractivity contribution in [2.75, 3.05) is 11.9 Å². The highest BCUT2D eigenvalue weighted by molar-refractivity contribution is 9.10. The lowest BCUT2D eigenvalue weighted by atomic mass is 10.1. The number of hydrogen-bond acceptors (Lipinski definition) is 3. The summed E-state index contributed by atoms with van der Waals surface area (Å²) >= 11 is 2.99. The SMILES string of the molecule is NC(CCNc1ccc(Br)cc1C(F)(F)F)=NO. The van der Waals surface area contributed by atoms with Gasteiger partial charge in [0.2, 0.25) is 0 Å². The first kappa shape index (κ1) is 14.6. The maximum atomic E-state index is 12.7. The standard InChI is InChI=1S/C10H11BrF3N3O/c11-6-1-2-8(7(5-6)10(12,13)14)16-4-3-9(15)17-18/h1-2,5,16,18H,3-4H2,(H2,15,17). The Morgan fingerprint density at radius 1 is 1.44 bits per heavy atom. The minimum absolute atomic E-state index is 0.0450. The van der Waals surface area contributed by atoms with Gasteiger partial charge in [0.05, 0.1) is 5.56 Å². The summed E-state index contributed by atoms with van der Waals surface area (Å²) in [4.78, 5) is 0. The summed E-state index contributed by atoms with van der Waals surface area (Å²) in [6.07, 6.45) is -4.30. The molecule has 0 aliphatic carbocycles. The molecule has 1 rings (SSSR count). The second kappa shape index (κ2) is 5.94. The van der Waals surface area contributed by atoms with Gasteiger partial charge in [-0.1, -0.05) is 21.1 Å². The van der Waals surface area contributed by atoms with Crippen LogP contribution in [0.3, 0.4) is 0 Å². The predicted molar refractivity (Wildman–Crippen MR) is 65.7 cm³/mol. The second-order valence-electron chi connectivity index (χ2n) is 3.46. The normalized spacial score (nSPS) is 12.6. The van der Waals surface area contributed by atoms with Gasteiger partial charge in [-0.2, -0.15) is 13.2 Å². The quantitative estimate of drug-likeness (QED) is 0.345. The molecular weight excluding hydrogens is 315 g/mol. The molecule has 0 amide bonds. The third-order valence-corrected chi connectivity index (χ3v) is 2.61. The highest BCUT2D eigenvalue weighted by Gasteiger charge is 2.33. The van der Waals surface area contributed by atoms with E-state index in [1.54, 1.807) is 0 Å². The number of benzene rings is 1. The molecule has 0 spiro atoms. The number of nitrogens with two attached hydrogens (primary N) is 1. The van der Waals surface area contributed by atoms with Crippen LogP contribution in [0.4, 0.5) is 18.9 Å². The molecule has 0 unspecified atom stereocenters. The van der Waals surface area contributed by atoms with E-state index in [0.29, 0.717) is 4.47 Å². The van der Waals surface area contributed by atoms with Gasteiger partial charge in [0.15, 0.2) is 0 Å². The predicted octanol–water partition coefficient (Wildman–Crippen LogP) is 3.02. The van der Waals surface area contributed by atoms with Crippen LogP contribution >= 0.6 is 15.9 Å². The average molecular weight is 326 g/mol. The zero-order valence-corrected chi connectivity index (χ0v) is 10.7. The van der Waals surface area contributed by atoms with Crippen LogP contribution in [0.25, 0.3) is 0 Å². The lowest BCUT2D eigenvalue weighted by Gasteiger charge is -2.14. The van der Waals surface area contributed by atoms with Crippen molar-refractivity contribution in [2.24, 2.45) is 10.9 Å². The number of nitrogens with one attached hydrogen (secondary N) is 1. The molecule has 0 heterocycles. The van der Waals surface area contributed by atoms with Crippen LogP contribution in [0.5, 0.6) is 0 Å². The number of oxime groups is 1. The van der Waals surface area contributed by atoms with Crippen LogP contribution in [0.15, 0.2) is 27.8 Å². The fourth-order valence-electron chi connectivity index (χ4n) is 1.28. The lowest BCUT2D eigenvalue weighted by molar-refractivity contribution is -0.137. The van der Waals surface area contributed by atoms with Crippen molar-refractivity contribution in [1.29, 1.82) is 0 Å². The minimum atomic E-state index is -4.44. The molecule has 0 radical (unpaired) electrons. The fraction of sp³-hybridized carbons (Fsp3) is 0.300. The van der Waals surface area contributed by atoms with E-state index >= 15 is 0 Å². The van der Waals surface area contributed by atoms with Crippen LogP contribution in [0.1, 0.15) is 12.0 Å². The van der Waals surface area contributed by atoms with Gasteiger partial charge in [-0.15, -0.1) is 0 Å². The number of nitrogens with zero attached hydrogens (tertiary/aromatic N) is 1. The Balaban J connectivity index is 2.82. The molecule has 0 aliphatic rings. The third-order valence-electron chi connectivity index (χ3n) is 2.11. The van der Waals surface area contributed by atoms with Crippen LogP contribution in [0.2, 0.25) is 0 Å². The molecule has 18 heavy (non-hydrogen) atoms. The topological polar surface area (TPSA) is 70.6 Å². The zero-order chi connectivity index (χ0) is 13.8. The Morgan fingerprint density at radius 3 is 2.67 bits per heavy atom. The Kier molecular flexibility index (Phi) is 4.83. The van der Waals surface area contributed by atoms with Crippen molar-refractivity contribution >= 4 is 27.5 Å². The second-order valence-corrected chi connectivity index (χ2v) is 4.37.